The Balaban J connectivity index is 1.96. The lowest BCUT2D eigenvalue weighted by Gasteiger charge is -2.35. The van der Waals surface area contributed by atoms with Crippen LogP contribution in [0.2, 0.25) is 0 Å². The second kappa shape index (κ2) is 4.75. The lowest BCUT2D eigenvalue weighted by molar-refractivity contribution is -0.726. The first-order valence-corrected chi connectivity index (χ1v) is 6.60. The van der Waals surface area contributed by atoms with E-state index < -0.39 is 0 Å². The van der Waals surface area contributed by atoms with E-state index in [0.29, 0.717) is 36.0 Å². The zero-order valence-corrected chi connectivity index (χ0v) is 10.8. The predicted octanol–water partition coefficient (Wildman–Crippen LogP) is 1.75. The van der Waals surface area contributed by atoms with Gasteiger partial charge in [-0.1, -0.05) is 6.92 Å². The number of aliphatic imine (C=N–C) groups is 1. The number of rotatable bonds is 3. The fourth-order valence-electron chi connectivity index (χ4n) is 2.78. The van der Waals surface area contributed by atoms with Crippen LogP contribution in [-0.4, -0.2) is 12.1 Å². The van der Waals surface area contributed by atoms with Crippen molar-refractivity contribution < 1.29 is 9.97 Å². The molecule has 0 saturated carbocycles. The number of carbonyl (C=O) groups excluding carboxylic acids is 1. The van der Waals surface area contributed by atoms with Crippen LogP contribution in [0.15, 0.2) is 17.1 Å². The van der Waals surface area contributed by atoms with Crippen LogP contribution in [0.25, 0.3) is 5.43 Å². The summed E-state index contributed by atoms with van der Waals surface area (Å²) in [5, 5.41) is 11.8. The number of quaternary nitrogens is 1. The molecule has 1 heterocycles. The molecule has 1 aromatic rings. The molecule has 3 rings (SSSR count). The lowest BCUT2D eigenvalue weighted by Crippen LogP contribution is -2.98. The van der Waals surface area contributed by atoms with Crippen molar-refractivity contribution in [3.8, 4) is 0 Å². The Morgan fingerprint density at radius 2 is 2.21 bits per heavy atom. The largest absolute Gasteiger partial charge is 0.617 e. The van der Waals surface area contributed by atoms with Gasteiger partial charge < -0.3 is 15.0 Å². The van der Waals surface area contributed by atoms with Crippen LogP contribution in [0.4, 0.5) is 11.4 Å². The van der Waals surface area contributed by atoms with Gasteiger partial charge in [0.2, 0.25) is 0 Å². The second-order valence-corrected chi connectivity index (χ2v) is 5.30. The van der Waals surface area contributed by atoms with E-state index in [1.165, 1.54) is 11.1 Å². The molecule has 1 aliphatic heterocycles. The number of hydrogen-bond donors (Lipinski definition) is 1. The van der Waals surface area contributed by atoms with Gasteiger partial charge in [-0.25, -0.2) is 0 Å². The van der Waals surface area contributed by atoms with Crippen molar-refractivity contribution in [1.82, 2.24) is 0 Å². The molecule has 0 aromatic heterocycles. The van der Waals surface area contributed by atoms with Gasteiger partial charge in [-0.05, 0) is 48.2 Å². The minimum Gasteiger partial charge on any atom is -0.617 e. The average molecular weight is 258 g/mol. The Bertz CT molecular complexity index is 554. The zero-order valence-electron chi connectivity index (χ0n) is 10.8. The maximum absolute atomic E-state index is 12.0. The minimum absolute atomic E-state index is 0.228. The van der Waals surface area contributed by atoms with Crippen molar-refractivity contribution in [3.05, 3.63) is 33.9 Å². The van der Waals surface area contributed by atoms with E-state index in [9.17, 15) is 10.0 Å². The van der Waals surface area contributed by atoms with Crippen molar-refractivity contribution in [3.63, 3.8) is 0 Å². The molecule has 0 amide bonds. The SMILES string of the molecule is CC1Cc2cc3c(cc2C1)[NH+]([O-])[N-]C(CCC=O)=N3. The topological polar surface area (TPSA) is 71.0 Å². The third kappa shape index (κ3) is 2.27. The summed E-state index contributed by atoms with van der Waals surface area (Å²) >= 11 is 0. The highest BCUT2D eigenvalue weighted by molar-refractivity contribution is 5.97. The van der Waals surface area contributed by atoms with Crippen molar-refractivity contribution in [1.29, 1.82) is 0 Å². The number of carbonyl (C=O) groups is 1. The molecule has 1 N–H and O–H groups in total. The molecule has 1 aromatic carbocycles. The highest BCUT2D eigenvalue weighted by Crippen LogP contribution is 2.35. The monoisotopic (exact) mass is 258 g/mol. The van der Waals surface area contributed by atoms with Crippen LogP contribution < -0.4 is 5.17 Å². The summed E-state index contributed by atoms with van der Waals surface area (Å²) in [5.41, 5.74) is 7.82. The van der Waals surface area contributed by atoms with Crippen LogP contribution in [0.1, 0.15) is 30.9 Å². The van der Waals surface area contributed by atoms with Crippen LogP contribution in [0.3, 0.4) is 0 Å². The van der Waals surface area contributed by atoms with Crippen molar-refractivity contribution in [2.75, 3.05) is 0 Å². The molecule has 100 valence electrons. The maximum atomic E-state index is 12.0. The highest BCUT2D eigenvalue weighted by Gasteiger charge is 2.22. The summed E-state index contributed by atoms with van der Waals surface area (Å²) in [6.07, 6.45) is 3.68. The third-order valence-electron chi connectivity index (χ3n) is 3.65. The fraction of sp³-hybridized carbons (Fsp3) is 0.429. The van der Waals surface area contributed by atoms with Gasteiger partial charge in [0.15, 0.2) is 0 Å². The minimum atomic E-state index is -0.228. The van der Waals surface area contributed by atoms with Crippen LogP contribution in [0.5, 0.6) is 0 Å². The van der Waals surface area contributed by atoms with Crippen molar-refractivity contribution in [2.45, 2.75) is 32.6 Å². The van der Waals surface area contributed by atoms with E-state index in [0.717, 1.165) is 19.1 Å². The molecule has 0 bridgehead atoms. The van der Waals surface area contributed by atoms with Gasteiger partial charge in [0, 0.05) is 18.2 Å². The Morgan fingerprint density at radius 1 is 1.47 bits per heavy atom. The Morgan fingerprint density at radius 3 is 2.95 bits per heavy atom. The van der Waals surface area contributed by atoms with E-state index >= 15 is 0 Å². The number of fused-ring (bicyclic) bond motifs is 2. The number of hydrogen-bond acceptors (Lipinski definition) is 3. The van der Waals surface area contributed by atoms with Gasteiger partial charge in [-0.2, -0.15) is 0 Å². The van der Waals surface area contributed by atoms with E-state index in [1.807, 2.05) is 12.1 Å². The lowest BCUT2D eigenvalue weighted by atomic mass is 10.1. The summed E-state index contributed by atoms with van der Waals surface area (Å²) in [4.78, 5) is 14.8. The molecular formula is C14H16N3O2-. The standard InChI is InChI=1S/C14H16N3O2/c1-9-5-10-7-12-13(8-11(10)6-9)17(19)16-14(15-12)3-2-4-18/h4,7-9,17H,2-3,5-6H2,1H3/q-1. The number of nitrogens with one attached hydrogen (secondary N) is 1. The Kier molecular flexibility index (Phi) is 3.08. The van der Waals surface area contributed by atoms with Gasteiger partial charge in [0.1, 0.15) is 12.0 Å². The third-order valence-corrected chi connectivity index (χ3v) is 3.65. The average Bonchev–Trinajstić information content (AvgIpc) is 2.73. The molecule has 0 spiro atoms. The first-order valence-electron chi connectivity index (χ1n) is 6.60. The van der Waals surface area contributed by atoms with Gasteiger partial charge in [0.05, 0.1) is 0 Å². The number of amidine groups is 1. The fourth-order valence-corrected chi connectivity index (χ4v) is 2.78. The van der Waals surface area contributed by atoms with Gasteiger partial charge in [0.25, 0.3) is 0 Å². The van der Waals surface area contributed by atoms with Crippen molar-refractivity contribution >= 4 is 23.5 Å². The van der Waals surface area contributed by atoms with Gasteiger partial charge in [-0.15, -0.1) is 0 Å². The Hall–Kier alpha value is -1.72. The smallest absolute Gasteiger partial charge is 0.144 e. The molecule has 0 fully saturated rings. The second-order valence-electron chi connectivity index (χ2n) is 5.30. The molecular weight excluding hydrogens is 242 g/mol. The molecule has 5 heteroatoms. The molecule has 2 atom stereocenters. The van der Waals surface area contributed by atoms with E-state index in [4.69, 9.17) is 0 Å². The van der Waals surface area contributed by atoms with E-state index in [-0.39, 0.29) is 5.17 Å². The molecule has 0 radical (unpaired) electrons. The van der Waals surface area contributed by atoms with Gasteiger partial charge in [-0.3, -0.25) is 10.6 Å². The van der Waals surface area contributed by atoms with E-state index in [2.05, 4.69) is 17.3 Å². The van der Waals surface area contributed by atoms with Gasteiger partial charge >= 0.3 is 0 Å². The molecule has 1 aliphatic carbocycles. The maximum Gasteiger partial charge on any atom is 0.144 e. The molecule has 19 heavy (non-hydrogen) atoms. The summed E-state index contributed by atoms with van der Waals surface area (Å²) in [6, 6.07) is 3.96. The Labute approximate surface area is 111 Å². The summed E-state index contributed by atoms with van der Waals surface area (Å²) in [7, 11) is 0. The summed E-state index contributed by atoms with van der Waals surface area (Å²) in [5.74, 6) is 1.10. The first kappa shape index (κ1) is 12.3. The number of benzene rings is 1. The normalized spacial score (nSPS) is 24.2. The zero-order chi connectivity index (χ0) is 13.4. The summed E-state index contributed by atoms with van der Waals surface area (Å²) in [6.45, 7) is 2.21. The van der Waals surface area contributed by atoms with Crippen LogP contribution >= 0.6 is 0 Å². The quantitative estimate of drug-likeness (QED) is 0.662. The van der Waals surface area contributed by atoms with Crippen LogP contribution in [0, 0.1) is 11.1 Å². The molecule has 5 nitrogen and oxygen atoms in total. The molecule has 2 unspecified atom stereocenters. The summed E-state index contributed by atoms with van der Waals surface area (Å²) < 4.78 is 0. The number of aldehydes is 1. The first-order chi connectivity index (χ1) is 9.17. The highest BCUT2D eigenvalue weighted by atomic mass is 16.5. The molecule has 2 aliphatic rings. The van der Waals surface area contributed by atoms with E-state index in [1.54, 1.807) is 0 Å². The van der Waals surface area contributed by atoms with Crippen LogP contribution in [-0.2, 0) is 17.6 Å². The van der Waals surface area contributed by atoms with Crippen molar-refractivity contribution in [2.24, 2.45) is 10.9 Å². The predicted molar refractivity (Wildman–Crippen MR) is 72.8 cm³/mol. The number of nitrogens with zero attached hydrogens (tertiary/aromatic N) is 2. The molecule has 0 saturated heterocycles.